The number of aryl methyl sites for hydroxylation is 1. The molecule has 10 heteroatoms. The summed E-state index contributed by atoms with van der Waals surface area (Å²) >= 11 is 0. The van der Waals surface area contributed by atoms with E-state index in [0.29, 0.717) is 41.7 Å². The first kappa shape index (κ1) is 23.1. The first-order chi connectivity index (χ1) is 14.4. The van der Waals surface area contributed by atoms with Crippen molar-refractivity contribution in [2.24, 2.45) is 0 Å². The SMILES string of the molecule is CC(CCn1c(=O)oc2ccc(-c3ccc(C(F)(F)F)cc3)cc21)NCCS(C)(=O)=O. The zero-order chi connectivity index (χ0) is 22.8. The number of benzene rings is 2. The monoisotopic (exact) mass is 456 g/mol. The van der Waals surface area contributed by atoms with Crippen molar-refractivity contribution in [3.05, 3.63) is 58.6 Å². The fraction of sp³-hybridized carbons (Fsp3) is 0.381. The Morgan fingerprint density at radius 2 is 1.74 bits per heavy atom. The van der Waals surface area contributed by atoms with E-state index in [1.54, 1.807) is 18.2 Å². The Kier molecular flexibility index (Phi) is 6.61. The predicted molar refractivity (Wildman–Crippen MR) is 113 cm³/mol. The minimum atomic E-state index is -4.40. The van der Waals surface area contributed by atoms with Crippen molar-refractivity contribution in [3.8, 4) is 11.1 Å². The molecule has 0 aliphatic carbocycles. The van der Waals surface area contributed by atoms with Gasteiger partial charge in [-0.25, -0.2) is 13.2 Å². The lowest BCUT2D eigenvalue weighted by Gasteiger charge is -2.13. The Hall–Kier alpha value is -2.59. The van der Waals surface area contributed by atoms with E-state index < -0.39 is 27.3 Å². The van der Waals surface area contributed by atoms with E-state index in [-0.39, 0.29) is 11.8 Å². The van der Waals surface area contributed by atoms with Gasteiger partial charge in [-0.2, -0.15) is 13.2 Å². The number of rotatable bonds is 8. The van der Waals surface area contributed by atoms with Crippen LogP contribution in [0.1, 0.15) is 18.9 Å². The normalized spacial score (nSPS) is 13.6. The third-order valence-corrected chi connectivity index (χ3v) is 5.91. The van der Waals surface area contributed by atoms with Crippen LogP contribution in [0.15, 0.2) is 51.7 Å². The highest BCUT2D eigenvalue weighted by Crippen LogP contribution is 2.31. The molecule has 3 rings (SSSR count). The first-order valence-electron chi connectivity index (χ1n) is 9.66. The van der Waals surface area contributed by atoms with Gasteiger partial charge in [-0.15, -0.1) is 0 Å². The van der Waals surface area contributed by atoms with Gasteiger partial charge < -0.3 is 9.73 Å². The number of sulfone groups is 1. The molecule has 31 heavy (non-hydrogen) atoms. The lowest BCUT2D eigenvalue weighted by molar-refractivity contribution is -0.137. The zero-order valence-electron chi connectivity index (χ0n) is 17.1. The van der Waals surface area contributed by atoms with Gasteiger partial charge in [0.1, 0.15) is 9.84 Å². The van der Waals surface area contributed by atoms with Crippen molar-refractivity contribution in [2.75, 3.05) is 18.6 Å². The van der Waals surface area contributed by atoms with Crippen molar-refractivity contribution >= 4 is 20.9 Å². The minimum absolute atomic E-state index is 0.0302. The van der Waals surface area contributed by atoms with Crippen molar-refractivity contribution < 1.29 is 26.0 Å². The van der Waals surface area contributed by atoms with Crippen LogP contribution in [0.5, 0.6) is 0 Å². The van der Waals surface area contributed by atoms with E-state index >= 15 is 0 Å². The molecule has 0 spiro atoms. The standard InChI is InChI=1S/C21H23F3N2O4S/c1-14(25-10-12-31(2,28)29)9-11-26-18-13-16(5-8-19(18)30-20(26)27)15-3-6-17(7-4-15)21(22,23)24/h3-8,13-14,25H,9-12H2,1-2H3. The van der Waals surface area contributed by atoms with Crippen LogP contribution in [0.25, 0.3) is 22.2 Å². The van der Waals surface area contributed by atoms with Gasteiger partial charge >= 0.3 is 11.9 Å². The number of nitrogens with zero attached hydrogens (tertiary/aromatic N) is 1. The molecule has 3 aromatic rings. The van der Waals surface area contributed by atoms with Gasteiger partial charge in [0, 0.05) is 25.4 Å². The second kappa shape index (κ2) is 8.88. The molecule has 168 valence electrons. The molecular formula is C21H23F3N2O4S. The van der Waals surface area contributed by atoms with Crippen molar-refractivity contribution in [3.63, 3.8) is 0 Å². The molecule has 1 unspecified atom stereocenters. The predicted octanol–water partition coefficient (Wildman–Crippen LogP) is 3.69. The molecule has 0 saturated heterocycles. The van der Waals surface area contributed by atoms with Crippen LogP contribution in [-0.4, -0.2) is 37.6 Å². The fourth-order valence-electron chi connectivity index (χ4n) is 3.22. The maximum absolute atomic E-state index is 12.8. The van der Waals surface area contributed by atoms with Gasteiger partial charge in [0.05, 0.1) is 16.8 Å². The van der Waals surface area contributed by atoms with Gasteiger partial charge in [0.2, 0.25) is 0 Å². The maximum Gasteiger partial charge on any atom is 0.419 e. The van der Waals surface area contributed by atoms with Gasteiger partial charge in [-0.3, -0.25) is 4.57 Å². The molecule has 6 nitrogen and oxygen atoms in total. The van der Waals surface area contributed by atoms with Gasteiger partial charge in [-0.05, 0) is 48.7 Å². The summed E-state index contributed by atoms with van der Waals surface area (Å²) in [5.74, 6) is -0.495. The summed E-state index contributed by atoms with van der Waals surface area (Å²) < 4.78 is 67.5. The summed E-state index contributed by atoms with van der Waals surface area (Å²) in [6.45, 7) is 2.55. The Balaban J connectivity index is 1.77. The van der Waals surface area contributed by atoms with Crippen LogP contribution >= 0.6 is 0 Å². The van der Waals surface area contributed by atoms with Crippen LogP contribution < -0.4 is 11.1 Å². The minimum Gasteiger partial charge on any atom is -0.408 e. The summed E-state index contributed by atoms with van der Waals surface area (Å²) in [7, 11) is -3.05. The molecule has 2 aromatic carbocycles. The highest BCUT2D eigenvalue weighted by Gasteiger charge is 2.30. The Morgan fingerprint density at radius 1 is 1.10 bits per heavy atom. The molecule has 0 aliphatic heterocycles. The molecule has 1 heterocycles. The molecule has 0 bridgehead atoms. The number of halogens is 3. The quantitative estimate of drug-likeness (QED) is 0.559. The van der Waals surface area contributed by atoms with Crippen LogP contribution in [0.3, 0.4) is 0 Å². The second-order valence-corrected chi connectivity index (χ2v) is 9.81. The first-order valence-corrected chi connectivity index (χ1v) is 11.7. The fourth-order valence-corrected chi connectivity index (χ4v) is 3.71. The molecule has 1 N–H and O–H groups in total. The average molecular weight is 456 g/mol. The maximum atomic E-state index is 12.8. The van der Waals surface area contributed by atoms with E-state index in [4.69, 9.17) is 4.42 Å². The highest BCUT2D eigenvalue weighted by atomic mass is 32.2. The van der Waals surface area contributed by atoms with E-state index in [0.717, 1.165) is 12.1 Å². The summed E-state index contributed by atoms with van der Waals surface area (Å²) in [5, 5.41) is 3.11. The summed E-state index contributed by atoms with van der Waals surface area (Å²) in [6.07, 6.45) is -2.67. The number of aromatic nitrogens is 1. The van der Waals surface area contributed by atoms with Crippen molar-refractivity contribution in [1.29, 1.82) is 0 Å². The molecule has 1 atom stereocenters. The van der Waals surface area contributed by atoms with Gasteiger partial charge in [-0.1, -0.05) is 18.2 Å². The third kappa shape index (κ3) is 5.98. The van der Waals surface area contributed by atoms with E-state index in [9.17, 15) is 26.4 Å². The molecule has 0 fully saturated rings. The lowest BCUT2D eigenvalue weighted by Crippen LogP contribution is -2.32. The largest absolute Gasteiger partial charge is 0.419 e. The number of nitrogens with one attached hydrogen (secondary N) is 1. The zero-order valence-corrected chi connectivity index (χ0v) is 17.9. The van der Waals surface area contributed by atoms with Crippen molar-refractivity contribution in [2.45, 2.75) is 32.1 Å². The summed E-state index contributed by atoms with van der Waals surface area (Å²) in [6, 6.07) is 9.81. The van der Waals surface area contributed by atoms with Crippen LogP contribution in [0, 0.1) is 0 Å². The topological polar surface area (TPSA) is 81.3 Å². The van der Waals surface area contributed by atoms with Crippen molar-refractivity contribution in [1.82, 2.24) is 9.88 Å². The molecule has 0 amide bonds. The number of oxazole rings is 1. The third-order valence-electron chi connectivity index (χ3n) is 4.96. The Labute approximate surface area is 177 Å². The smallest absolute Gasteiger partial charge is 0.408 e. The Morgan fingerprint density at radius 3 is 2.35 bits per heavy atom. The molecule has 0 radical (unpaired) electrons. The molecule has 0 aliphatic rings. The van der Waals surface area contributed by atoms with E-state index in [2.05, 4.69) is 5.32 Å². The Bertz CT molecular complexity index is 1210. The average Bonchev–Trinajstić information content (AvgIpc) is 2.99. The number of fused-ring (bicyclic) bond motifs is 1. The number of hydrogen-bond acceptors (Lipinski definition) is 5. The second-order valence-electron chi connectivity index (χ2n) is 7.55. The van der Waals surface area contributed by atoms with Crippen LogP contribution in [-0.2, 0) is 22.6 Å². The molecule has 1 aromatic heterocycles. The number of hydrogen-bond donors (Lipinski definition) is 1. The summed E-state index contributed by atoms with van der Waals surface area (Å²) in [5.41, 5.74) is 1.46. The molecule has 0 saturated carbocycles. The van der Waals surface area contributed by atoms with Crippen LogP contribution in [0.4, 0.5) is 13.2 Å². The lowest BCUT2D eigenvalue weighted by atomic mass is 10.0. The summed E-state index contributed by atoms with van der Waals surface area (Å²) in [4.78, 5) is 12.3. The van der Waals surface area contributed by atoms with Crippen LogP contribution in [0.2, 0.25) is 0 Å². The van der Waals surface area contributed by atoms with E-state index in [1.165, 1.54) is 23.0 Å². The van der Waals surface area contributed by atoms with Gasteiger partial charge in [0.15, 0.2) is 5.58 Å². The molecular weight excluding hydrogens is 433 g/mol. The van der Waals surface area contributed by atoms with Gasteiger partial charge in [0.25, 0.3) is 0 Å². The number of alkyl halides is 3. The van der Waals surface area contributed by atoms with E-state index in [1.807, 2.05) is 6.92 Å². The highest BCUT2D eigenvalue weighted by molar-refractivity contribution is 7.90.